The predicted molar refractivity (Wildman–Crippen MR) is 44.3 cm³/mol. The second kappa shape index (κ2) is 4.36. The zero-order valence-electron chi connectivity index (χ0n) is 7.40. The van der Waals surface area contributed by atoms with E-state index in [0.717, 1.165) is 11.3 Å². The van der Waals surface area contributed by atoms with E-state index in [1.54, 1.807) is 6.20 Å². The van der Waals surface area contributed by atoms with Crippen molar-refractivity contribution in [1.82, 2.24) is 0 Å². The third-order valence-electron chi connectivity index (χ3n) is 1.58. The van der Waals surface area contributed by atoms with Crippen LogP contribution in [0.25, 0.3) is 11.3 Å². The molecular formula is C9H6BLiNO. The van der Waals surface area contributed by atoms with Gasteiger partial charge in [0.15, 0.2) is 0 Å². The molecule has 0 saturated carbocycles. The maximum Gasteiger partial charge on any atom is 1.00 e. The summed E-state index contributed by atoms with van der Waals surface area (Å²) < 4.78 is 6.33. The van der Waals surface area contributed by atoms with Crippen molar-refractivity contribution in [2.75, 3.05) is 0 Å². The number of nitrogens with zero attached hydrogens (tertiary/aromatic N) is 1. The summed E-state index contributed by atoms with van der Waals surface area (Å²) in [6.45, 7) is 0. The van der Waals surface area contributed by atoms with Gasteiger partial charge < -0.3 is 8.90 Å². The molecule has 0 fully saturated rings. The van der Waals surface area contributed by atoms with Crippen LogP contribution in [0.15, 0.2) is 40.9 Å². The standard InChI is InChI=1S/C9H6BNO.Li/c10-11-6-9(12-7-11)8-4-2-1-3-5-8;/h1-6H;/q-1;+1. The van der Waals surface area contributed by atoms with Crippen molar-refractivity contribution in [2.24, 2.45) is 0 Å². The maximum atomic E-state index is 5.38. The molecule has 0 N–H and O–H groups in total. The van der Waals surface area contributed by atoms with Crippen LogP contribution in [0.3, 0.4) is 0 Å². The molecule has 2 aromatic rings. The molecule has 0 aliphatic heterocycles. The first-order valence-corrected chi connectivity index (χ1v) is 3.60. The van der Waals surface area contributed by atoms with Crippen molar-refractivity contribution in [3.05, 3.63) is 42.9 Å². The van der Waals surface area contributed by atoms with Crippen LogP contribution in [0.5, 0.6) is 0 Å². The van der Waals surface area contributed by atoms with Gasteiger partial charge in [-0.1, -0.05) is 30.3 Å². The Hall–Kier alpha value is -0.908. The van der Waals surface area contributed by atoms with Gasteiger partial charge in [-0.05, 0) is 5.56 Å². The van der Waals surface area contributed by atoms with Crippen LogP contribution < -0.4 is 23.3 Å². The number of hydrogen-bond acceptors (Lipinski definition) is 1. The molecule has 4 heteroatoms. The molecule has 0 saturated heterocycles. The van der Waals surface area contributed by atoms with Crippen molar-refractivity contribution in [1.29, 1.82) is 0 Å². The van der Waals surface area contributed by atoms with Gasteiger partial charge in [0.1, 0.15) is 0 Å². The molecule has 1 heterocycles. The molecule has 1 aromatic heterocycles. The monoisotopic (exact) mass is 162 g/mol. The number of rotatable bonds is 1. The Labute approximate surface area is 90.2 Å². The average Bonchev–Trinajstić information content (AvgIpc) is 2.54. The Kier molecular flexibility index (Phi) is 3.41. The molecule has 57 valence electrons. The quantitative estimate of drug-likeness (QED) is 0.349. The second-order valence-electron chi connectivity index (χ2n) is 2.46. The van der Waals surface area contributed by atoms with E-state index in [-0.39, 0.29) is 18.9 Å². The minimum atomic E-state index is 0. The molecule has 13 heavy (non-hydrogen) atoms. The van der Waals surface area contributed by atoms with Gasteiger partial charge in [0, 0.05) is 12.0 Å². The first kappa shape index (κ1) is 10.2. The Morgan fingerprint density at radius 3 is 2.46 bits per heavy atom. The molecule has 0 aliphatic carbocycles. The van der Waals surface area contributed by atoms with Crippen LogP contribution in [0.1, 0.15) is 0 Å². The Morgan fingerprint density at radius 1 is 1.23 bits per heavy atom. The van der Waals surface area contributed by atoms with Gasteiger partial charge in [-0.2, -0.15) is 0 Å². The van der Waals surface area contributed by atoms with Crippen LogP contribution in [-0.2, 0) is 0 Å². The predicted octanol–water partition coefficient (Wildman–Crippen LogP) is -2.03. The Morgan fingerprint density at radius 2 is 1.92 bits per heavy atom. The molecule has 0 atom stereocenters. The maximum absolute atomic E-state index is 5.38. The number of aromatic nitrogens is 1. The van der Waals surface area contributed by atoms with Crippen molar-refractivity contribution in [3.63, 3.8) is 0 Å². The SMILES string of the molecule is [B-][n+]1[c-]oc(-c2ccccc2)c1.[Li+]. The third kappa shape index (κ3) is 2.27. The smallest absolute Gasteiger partial charge is 0.589 e. The van der Waals surface area contributed by atoms with Crippen molar-refractivity contribution in [2.45, 2.75) is 0 Å². The first-order valence-electron chi connectivity index (χ1n) is 3.60. The van der Waals surface area contributed by atoms with Crippen molar-refractivity contribution < 1.29 is 27.8 Å². The average molecular weight is 162 g/mol. The largest absolute Gasteiger partial charge is 1.00 e. The molecular weight excluding hydrogens is 156 g/mol. The van der Waals surface area contributed by atoms with E-state index >= 15 is 0 Å². The number of oxazole rings is 1. The van der Waals surface area contributed by atoms with E-state index in [1.807, 2.05) is 30.3 Å². The molecule has 0 bridgehead atoms. The molecule has 0 amide bonds. The summed E-state index contributed by atoms with van der Waals surface area (Å²) in [6.07, 6.45) is 4.16. The van der Waals surface area contributed by atoms with Gasteiger partial charge in [0.25, 0.3) is 0 Å². The molecule has 1 aromatic carbocycles. The Bertz CT molecular complexity index is 374. The topological polar surface area (TPSA) is 17.0 Å². The van der Waals surface area contributed by atoms with E-state index in [9.17, 15) is 0 Å². The van der Waals surface area contributed by atoms with Gasteiger partial charge in [-0.15, -0.1) is 7.98 Å². The summed E-state index contributed by atoms with van der Waals surface area (Å²) in [5.41, 5.74) is 0.998. The summed E-state index contributed by atoms with van der Waals surface area (Å²) in [7, 11) is 5.38. The van der Waals surface area contributed by atoms with Gasteiger partial charge in [0.05, 0.1) is 0 Å². The minimum Gasteiger partial charge on any atom is -0.589 e. The summed E-state index contributed by atoms with van der Waals surface area (Å²) in [6, 6.07) is 9.74. The fourth-order valence-corrected chi connectivity index (χ4v) is 1.02. The summed E-state index contributed by atoms with van der Waals surface area (Å²) in [4.78, 5) is 0. The summed E-state index contributed by atoms with van der Waals surface area (Å²) in [5, 5.41) is 0. The van der Waals surface area contributed by atoms with Crippen LogP contribution in [-0.4, -0.2) is 7.98 Å². The fourth-order valence-electron chi connectivity index (χ4n) is 1.02. The van der Waals surface area contributed by atoms with Crippen LogP contribution in [0, 0.1) is 6.39 Å². The molecule has 0 aliphatic rings. The summed E-state index contributed by atoms with van der Waals surface area (Å²) in [5.74, 6) is 0.720. The van der Waals surface area contributed by atoms with Crippen LogP contribution in [0.4, 0.5) is 0 Å². The van der Waals surface area contributed by atoms with E-state index in [1.165, 1.54) is 4.48 Å². The zero-order valence-corrected chi connectivity index (χ0v) is 7.40. The normalized spacial score (nSPS) is 9.31. The molecule has 2 nitrogen and oxygen atoms in total. The van der Waals surface area contributed by atoms with E-state index in [0.29, 0.717) is 0 Å². The van der Waals surface area contributed by atoms with Crippen LogP contribution in [0.2, 0.25) is 0 Å². The van der Waals surface area contributed by atoms with Gasteiger partial charge >= 0.3 is 18.9 Å². The van der Waals surface area contributed by atoms with Crippen molar-refractivity contribution >= 4 is 7.98 Å². The van der Waals surface area contributed by atoms with Gasteiger partial charge in [0.2, 0.25) is 6.39 Å². The van der Waals surface area contributed by atoms with Gasteiger partial charge in [-0.25, -0.2) is 0 Å². The second-order valence-corrected chi connectivity index (χ2v) is 2.46. The number of benzene rings is 1. The van der Waals surface area contributed by atoms with Crippen molar-refractivity contribution in [3.8, 4) is 11.3 Å². The summed E-state index contributed by atoms with van der Waals surface area (Å²) >= 11 is 0. The number of hydrogen-bond donors (Lipinski definition) is 0. The Balaban J connectivity index is 0.000000845. The zero-order chi connectivity index (χ0) is 8.39. The molecule has 0 spiro atoms. The fraction of sp³-hybridized carbons (Fsp3) is 0. The first-order chi connectivity index (χ1) is 5.86. The minimum absolute atomic E-state index is 0. The molecule has 3 radical (unpaired) electrons. The molecule has 2 rings (SSSR count). The molecule has 0 unspecified atom stereocenters. The third-order valence-corrected chi connectivity index (χ3v) is 1.58. The van der Waals surface area contributed by atoms with E-state index in [4.69, 9.17) is 12.4 Å². The van der Waals surface area contributed by atoms with E-state index in [2.05, 4.69) is 6.39 Å². The van der Waals surface area contributed by atoms with Gasteiger partial charge in [-0.3, -0.25) is 0 Å². The van der Waals surface area contributed by atoms with E-state index < -0.39 is 0 Å². The van der Waals surface area contributed by atoms with Crippen LogP contribution >= 0.6 is 0 Å².